The highest BCUT2D eigenvalue weighted by Crippen LogP contribution is 2.44. The van der Waals surface area contributed by atoms with Crippen LogP contribution in [0.2, 0.25) is 0 Å². The summed E-state index contributed by atoms with van der Waals surface area (Å²) < 4.78 is 63.1. The van der Waals surface area contributed by atoms with Crippen molar-refractivity contribution in [1.29, 1.82) is 5.26 Å². The van der Waals surface area contributed by atoms with Gasteiger partial charge in [0.05, 0.1) is 114 Å². The van der Waals surface area contributed by atoms with Crippen molar-refractivity contribution in [2.45, 2.75) is 63.8 Å². The number of aryl methyl sites for hydroxylation is 1. The lowest BCUT2D eigenvalue weighted by atomic mass is 10.0. The highest BCUT2D eigenvalue weighted by Gasteiger charge is 2.29. The van der Waals surface area contributed by atoms with E-state index in [4.69, 9.17) is 82.8 Å². The van der Waals surface area contributed by atoms with Crippen molar-refractivity contribution >= 4 is 120 Å². The SMILES string of the molecule is CNC(=O)c1ccc(Nc2nc(OC)c3c(-c4ccc(-c5ccc[nH]5)cc4)c[nH]c3n2)c(OC)c1.CNC(=O)c1ccc(Nc2nc(OC3CCOCC3)c3c(-c4ccnc(N)c4)c[nH]c3n2)c(OC)c1.CNC(=O)c1ccc(Nc2nc(OC3CCOCC3)c3c(-c4ccnc(OC)c4)c[nH]c3n2)c(OC)c1.Cc1cc(C(=O)N(C)C)ccc1Nc1nc(OC2CCOCC2)c2c(-c3ccnc(C#N)c3)c[nH]c2n1. The molecule has 17 aromatic rings. The van der Waals surface area contributed by atoms with Crippen LogP contribution in [-0.4, -0.2) is 237 Å². The normalized spacial score (nSPS) is 13.1. The Kier molecular flexibility index (Phi) is 30.9. The molecule has 3 aliphatic rings. The third-order valence-electron chi connectivity index (χ3n) is 24.1. The summed E-state index contributed by atoms with van der Waals surface area (Å²) in [6.07, 6.45) is 18.8. The van der Waals surface area contributed by atoms with E-state index in [0.717, 1.165) is 127 Å². The number of fused-ring (bicyclic) bond motifs is 4. The number of anilines is 9. The van der Waals surface area contributed by atoms with Crippen molar-refractivity contribution in [3.8, 4) is 108 Å². The van der Waals surface area contributed by atoms with Crippen LogP contribution in [-0.2, 0) is 14.2 Å². The summed E-state index contributed by atoms with van der Waals surface area (Å²) in [6.45, 7) is 5.75. The second kappa shape index (κ2) is 45.5. The number of nitrogens with one attached hydrogen (secondary N) is 12. The molecule has 145 heavy (non-hydrogen) atoms. The summed E-state index contributed by atoms with van der Waals surface area (Å²) >= 11 is 0. The maximum Gasteiger partial charge on any atom is 0.253 e. The first-order valence-electron chi connectivity index (χ1n) is 46.5. The average Bonchev–Trinajstić information content (AvgIpc) is 1.64. The number of nitrogens with two attached hydrogens (primary N) is 1. The van der Waals surface area contributed by atoms with E-state index in [1.165, 1.54) is 21.3 Å². The summed E-state index contributed by atoms with van der Waals surface area (Å²) in [4.78, 5) is 116. The number of hydrogen-bond acceptors (Lipinski definition) is 32. The number of carbonyl (C=O) groups is 4. The van der Waals surface area contributed by atoms with E-state index in [1.54, 1.807) is 146 Å². The number of aromatic amines is 5. The number of amides is 4. The molecule has 0 radical (unpaired) electrons. The van der Waals surface area contributed by atoms with Crippen LogP contribution in [0.3, 0.4) is 0 Å². The van der Waals surface area contributed by atoms with E-state index in [0.29, 0.717) is 183 Å². The van der Waals surface area contributed by atoms with E-state index in [1.807, 2.05) is 86.4 Å². The van der Waals surface area contributed by atoms with Gasteiger partial charge in [-0.1, -0.05) is 24.3 Å². The first-order chi connectivity index (χ1) is 70.7. The Balaban J connectivity index is 0.000000132. The number of nitrogens with zero attached hydrogens (tertiary/aromatic N) is 13. The lowest BCUT2D eigenvalue weighted by Gasteiger charge is -2.23. The van der Waals surface area contributed by atoms with Crippen LogP contribution in [0.15, 0.2) is 195 Å². The van der Waals surface area contributed by atoms with Gasteiger partial charge in [0, 0.05) is 185 Å². The Bertz CT molecular complexity index is 7570. The van der Waals surface area contributed by atoms with Gasteiger partial charge in [0.25, 0.3) is 23.6 Å². The van der Waals surface area contributed by atoms with Gasteiger partial charge in [-0.3, -0.25) is 19.2 Å². The number of pyridine rings is 3. The summed E-state index contributed by atoms with van der Waals surface area (Å²) in [6, 6.07) is 46.1. The molecule has 0 atom stereocenters. The van der Waals surface area contributed by atoms with Crippen LogP contribution in [0, 0.1) is 18.3 Å². The zero-order chi connectivity index (χ0) is 101. The largest absolute Gasteiger partial charge is 0.495 e. The molecule has 0 bridgehead atoms. The number of aromatic nitrogens is 16. The van der Waals surface area contributed by atoms with Crippen molar-refractivity contribution in [2.75, 3.05) is 137 Å². The zero-order valence-corrected chi connectivity index (χ0v) is 81.2. The molecule has 5 aromatic carbocycles. The van der Waals surface area contributed by atoms with Gasteiger partial charge in [-0.2, -0.15) is 45.1 Å². The molecule has 742 valence electrons. The molecule has 20 rings (SSSR count). The van der Waals surface area contributed by atoms with Gasteiger partial charge >= 0.3 is 0 Å². The highest BCUT2D eigenvalue weighted by molar-refractivity contribution is 6.03. The Morgan fingerprint density at radius 2 is 0.772 bits per heavy atom. The monoisotopic (exact) mass is 1960 g/mol. The van der Waals surface area contributed by atoms with Gasteiger partial charge < -0.3 is 125 Å². The quantitative estimate of drug-likeness (QED) is 0.0217. The third kappa shape index (κ3) is 22.9. The second-order valence-electron chi connectivity index (χ2n) is 33.6. The number of methoxy groups -OCH3 is 5. The fraction of sp³-hybridized carbons (Fsp3) is 0.250. The molecule has 15 heterocycles. The molecular weight excluding hydrogens is 1850 g/mol. The number of rotatable bonds is 28. The lowest BCUT2D eigenvalue weighted by molar-refractivity contribution is 0.0242. The predicted octanol–water partition coefficient (Wildman–Crippen LogP) is 15.9. The van der Waals surface area contributed by atoms with Gasteiger partial charge in [0.1, 0.15) is 75.7 Å². The van der Waals surface area contributed by atoms with Gasteiger partial charge in [-0.15, -0.1) is 0 Å². The highest BCUT2D eigenvalue weighted by atomic mass is 16.5. The van der Waals surface area contributed by atoms with E-state index < -0.39 is 0 Å². The molecule has 0 saturated carbocycles. The second-order valence-corrected chi connectivity index (χ2v) is 33.6. The molecule has 3 saturated heterocycles. The van der Waals surface area contributed by atoms with Gasteiger partial charge in [-0.05, 0) is 156 Å². The summed E-state index contributed by atoms with van der Waals surface area (Å²) in [7, 11) is 16.0. The number of H-pyrrole nitrogens is 5. The zero-order valence-electron chi connectivity index (χ0n) is 81.2. The van der Waals surface area contributed by atoms with Gasteiger partial charge in [0.15, 0.2) is 0 Å². The topological polar surface area (TPSA) is 528 Å². The molecular formula is C104H106N26O15. The van der Waals surface area contributed by atoms with E-state index in [2.05, 4.69) is 122 Å². The van der Waals surface area contributed by atoms with E-state index in [9.17, 15) is 24.4 Å². The number of ether oxygens (including phenoxy) is 11. The fourth-order valence-electron chi connectivity index (χ4n) is 16.6. The molecule has 14 N–H and O–H groups in total. The number of hydrogen-bond donors (Lipinski definition) is 13. The van der Waals surface area contributed by atoms with Crippen molar-refractivity contribution in [1.82, 2.24) is 101 Å². The minimum Gasteiger partial charge on any atom is -0.495 e. The van der Waals surface area contributed by atoms with Crippen LogP contribution in [0.5, 0.6) is 46.6 Å². The van der Waals surface area contributed by atoms with Crippen molar-refractivity contribution in [3.63, 3.8) is 0 Å². The van der Waals surface area contributed by atoms with Crippen LogP contribution >= 0.6 is 0 Å². The average molecular weight is 1960 g/mol. The Morgan fingerprint density at radius 1 is 0.400 bits per heavy atom. The van der Waals surface area contributed by atoms with Crippen LogP contribution in [0.1, 0.15) is 91.2 Å². The smallest absolute Gasteiger partial charge is 0.253 e. The molecule has 41 nitrogen and oxygen atoms in total. The molecule has 12 aromatic heterocycles. The molecule has 0 unspecified atom stereocenters. The van der Waals surface area contributed by atoms with Gasteiger partial charge in [0.2, 0.25) is 53.2 Å². The van der Waals surface area contributed by atoms with Crippen LogP contribution < -0.4 is 80.8 Å². The minimum absolute atomic E-state index is 0.0312. The fourth-order valence-corrected chi connectivity index (χ4v) is 16.6. The van der Waals surface area contributed by atoms with Crippen molar-refractivity contribution < 1.29 is 71.3 Å². The molecule has 4 amide bonds. The van der Waals surface area contributed by atoms with Crippen LogP contribution in [0.25, 0.3) is 99.9 Å². The Labute approximate surface area is 831 Å². The van der Waals surface area contributed by atoms with E-state index >= 15 is 0 Å². The standard InChI is InChI=1S/C27H27N7O3.C26H28N6O5.C26H24N6O3.C25H27N7O4/c1-16-12-18(26(35)34(2)3)4-5-22(16)31-27-32-24-23(25(33-27)37-20-7-10-36-11-8-20)21(15-30-24)17-6-9-29-19(13-17)14-28;1-27-24(33)16-4-5-19(20(12-16)34-2)30-26-31-23-22(25(32-26)37-17-7-10-36-11-8-17)18(14-29-23)15-6-9-28-21(13-15)35-3;1-27-24(33)17-10-11-20(21(13-17)34-2)30-26-31-23-22(25(32-26)35-3)18(14-29-23)15-6-8-16(9-7-15)19-5-4-12-28-19;1-27-23(33)15-3-4-18(19(11-15)34-2)30-25-31-22-21(24(32-25)36-16-6-9-35-10-7-16)17(13-29-22)14-5-8-28-20(26)12-14/h4-6,9,12-13,15,20H,7-8,10-11H2,1-3H3,(H2,30,31,32,33);4-6,9,12-14,17H,7-8,10-11H2,1-3H3,(H,27,33)(H2,29,30,31,32);4-14,28H,1-3H3,(H,27,33)(H2,29,30,31,32);3-5,8,11-13,16H,6-7,9-10H2,1-2H3,(H2,26,28)(H,27,33)(H2,29,30,31,32). The maximum absolute atomic E-state index is 12.3. The van der Waals surface area contributed by atoms with Crippen molar-refractivity contribution in [2.24, 2.45) is 0 Å². The molecule has 3 aliphatic heterocycles. The summed E-state index contributed by atoms with van der Waals surface area (Å²) in [5.41, 5.74) is 23.5. The number of nitriles is 1. The first-order valence-corrected chi connectivity index (χ1v) is 46.5. The molecule has 41 heteroatoms. The number of carbonyl (C=O) groups excluding carboxylic acids is 4. The minimum atomic E-state index is -0.208. The Morgan fingerprint density at radius 3 is 1.15 bits per heavy atom. The molecule has 0 spiro atoms. The van der Waals surface area contributed by atoms with Crippen molar-refractivity contribution in [3.05, 3.63) is 229 Å². The number of nitrogen functional groups attached to an aromatic ring is 1. The predicted molar refractivity (Wildman–Crippen MR) is 548 cm³/mol. The Hall–Kier alpha value is -18.0. The third-order valence-corrected chi connectivity index (χ3v) is 24.1. The first kappa shape index (κ1) is 98.6. The number of benzene rings is 5. The lowest BCUT2D eigenvalue weighted by Crippen LogP contribution is -2.26. The molecule has 0 aliphatic carbocycles. The summed E-state index contributed by atoms with van der Waals surface area (Å²) in [5, 5.41) is 33.0. The summed E-state index contributed by atoms with van der Waals surface area (Å²) in [5.74, 6) is 4.80. The molecule has 3 fully saturated rings. The van der Waals surface area contributed by atoms with Crippen LogP contribution in [0.4, 0.5) is 52.4 Å². The van der Waals surface area contributed by atoms with Gasteiger partial charge in [-0.25, -0.2) is 15.0 Å². The van der Waals surface area contributed by atoms with E-state index in [-0.39, 0.29) is 41.9 Å². The maximum atomic E-state index is 12.3.